The van der Waals surface area contributed by atoms with Crippen LogP contribution in [-0.2, 0) is 14.3 Å². The third-order valence-electron chi connectivity index (χ3n) is 2.93. The summed E-state index contributed by atoms with van der Waals surface area (Å²) in [6.45, 7) is 10.9. The fraction of sp³-hybridized carbons (Fsp3) is 0.750. The summed E-state index contributed by atoms with van der Waals surface area (Å²) < 4.78 is 11.1. The smallest absolute Gasteiger partial charge is 0.303 e. The number of ether oxygens (including phenoxy) is 2. The first-order valence-electron chi connectivity index (χ1n) is 5.30. The maximum atomic E-state index is 10.9. The molecule has 1 rings (SSSR count). The van der Waals surface area contributed by atoms with E-state index < -0.39 is 5.60 Å². The van der Waals surface area contributed by atoms with E-state index in [0.717, 1.165) is 12.8 Å². The Morgan fingerprint density at radius 2 is 2.27 bits per heavy atom. The molecule has 0 aromatic rings. The molecule has 3 nitrogen and oxygen atoms in total. The summed E-state index contributed by atoms with van der Waals surface area (Å²) in [5.41, 5.74) is -0.839. The molecule has 15 heavy (non-hydrogen) atoms. The average molecular weight is 212 g/mol. The Kier molecular flexibility index (Phi) is 3.24. The fourth-order valence-electron chi connectivity index (χ4n) is 1.94. The third-order valence-corrected chi connectivity index (χ3v) is 2.93. The molecule has 1 unspecified atom stereocenters. The van der Waals surface area contributed by atoms with Gasteiger partial charge in [0, 0.05) is 6.92 Å². The first-order chi connectivity index (χ1) is 6.79. The van der Waals surface area contributed by atoms with Crippen LogP contribution < -0.4 is 0 Å². The van der Waals surface area contributed by atoms with Crippen LogP contribution >= 0.6 is 0 Å². The lowest BCUT2D eigenvalue weighted by atomic mass is 9.96. The molecule has 0 aromatic carbocycles. The van der Waals surface area contributed by atoms with Crippen molar-refractivity contribution < 1.29 is 14.3 Å². The zero-order valence-corrected chi connectivity index (χ0v) is 10.0. The number of esters is 1. The van der Waals surface area contributed by atoms with Crippen molar-refractivity contribution in [1.82, 2.24) is 0 Å². The highest BCUT2D eigenvalue weighted by molar-refractivity contribution is 5.66. The molecule has 3 heteroatoms. The maximum absolute atomic E-state index is 10.9. The van der Waals surface area contributed by atoms with Gasteiger partial charge in [0.25, 0.3) is 0 Å². The minimum absolute atomic E-state index is 0.0515. The monoisotopic (exact) mass is 212 g/mol. The average Bonchev–Trinajstić information content (AvgIpc) is 2.47. The SMILES string of the molecule is C=C[C@@]1(C)CCC(C(C)(C)OC(C)=O)O1. The lowest BCUT2D eigenvalue weighted by molar-refractivity contribution is -0.171. The first kappa shape index (κ1) is 12.2. The lowest BCUT2D eigenvalue weighted by Crippen LogP contribution is -2.41. The zero-order valence-electron chi connectivity index (χ0n) is 10.0. The quantitative estimate of drug-likeness (QED) is 0.532. The number of rotatable bonds is 3. The predicted molar refractivity (Wildman–Crippen MR) is 58.6 cm³/mol. The topological polar surface area (TPSA) is 35.5 Å². The van der Waals surface area contributed by atoms with Gasteiger partial charge in [-0.05, 0) is 33.6 Å². The van der Waals surface area contributed by atoms with E-state index in [1.54, 1.807) is 0 Å². The molecule has 1 aliphatic rings. The molecular weight excluding hydrogens is 192 g/mol. The number of carbonyl (C=O) groups excluding carboxylic acids is 1. The van der Waals surface area contributed by atoms with Gasteiger partial charge in [-0.3, -0.25) is 4.79 Å². The zero-order chi connectivity index (χ0) is 11.7. The Labute approximate surface area is 91.4 Å². The van der Waals surface area contributed by atoms with Crippen molar-refractivity contribution in [2.24, 2.45) is 0 Å². The Hall–Kier alpha value is -0.830. The van der Waals surface area contributed by atoms with E-state index in [1.807, 2.05) is 26.8 Å². The Morgan fingerprint density at radius 1 is 1.67 bits per heavy atom. The van der Waals surface area contributed by atoms with Crippen molar-refractivity contribution in [3.05, 3.63) is 12.7 Å². The second-order valence-electron chi connectivity index (χ2n) is 4.86. The molecule has 0 aliphatic carbocycles. The van der Waals surface area contributed by atoms with Crippen molar-refractivity contribution in [2.45, 2.75) is 57.8 Å². The van der Waals surface area contributed by atoms with Crippen LogP contribution in [-0.4, -0.2) is 23.3 Å². The highest BCUT2D eigenvalue weighted by Gasteiger charge is 2.43. The summed E-state index contributed by atoms with van der Waals surface area (Å²) in [4.78, 5) is 10.9. The molecule has 0 N–H and O–H groups in total. The lowest BCUT2D eigenvalue weighted by Gasteiger charge is -2.32. The van der Waals surface area contributed by atoms with Crippen LogP contribution in [0.2, 0.25) is 0 Å². The van der Waals surface area contributed by atoms with Crippen molar-refractivity contribution in [2.75, 3.05) is 0 Å². The van der Waals surface area contributed by atoms with E-state index in [9.17, 15) is 4.79 Å². The highest BCUT2D eigenvalue weighted by atomic mass is 16.6. The Morgan fingerprint density at radius 3 is 2.67 bits per heavy atom. The van der Waals surface area contributed by atoms with Crippen LogP contribution in [0.4, 0.5) is 0 Å². The number of hydrogen-bond donors (Lipinski definition) is 0. The molecule has 0 bridgehead atoms. The largest absolute Gasteiger partial charge is 0.457 e. The van der Waals surface area contributed by atoms with E-state index in [1.165, 1.54) is 6.92 Å². The molecule has 0 saturated carbocycles. The van der Waals surface area contributed by atoms with Crippen molar-refractivity contribution in [3.8, 4) is 0 Å². The molecule has 0 amide bonds. The van der Waals surface area contributed by atoms with E-state index in [2.05, 4.69) is 6.58 Å². The second-order valence-corrected chi connectivity index (χ2v) is 4.86. The summed E-state index contributed by atoms with van der Waals surface area (Å²) >= 11 is 0. The molecule has 0 radical (unpaired) electrons. The minimum atomic E-state index is -0.563. The molecular formula is C12H20O3. The first-order valence-corrected chi connectivity index (χ1v) is 5.30. The Bertz CT molecular complexity index is 270. The van der Waals surface area contributed by atoms with Gasteiger partial charge in [0.15, 0.2) is 0 Å². The standard InChI is InChI=1S/C12H20O3/c1-6-12(5)8-7-10(15-12)11(3,4)14-9(2)13/h6,10H,1,7-8H2,2-5H3/t10?,12-/m0/s1. The molecule has 0 aromatic heterocycles. The van der Waals surface area contributed by atoms with Crippen LogP contribution in [0.15, 0.2) is 12.7 Å². The maximum Gasteiger partial charge on any atom is 0.303 e. The van der Waals surface area contributed by atoms with E-state index >= 15 is 0 Å². The van der Waals surface area contributed by atoms with E-state index in [4.69, 9.17) is 9.47 Å². The molecule has 1 saturated heterocycles. The molecule has 86 valence electrons. The normalized spacial score (nSPS) is 31.3. The molecule has 2 atom stereocenters. The fourth-order valence-corrected chi connectivity index (χ4v) is 1.94. The van der Waals surface area contributed by atoms with Gasteiger partial charge >= 0.3 is 5.97 Å². The van der Waals surface area contributed by atoms with Crippen molar-refractivity contribution >= 4 is 5.97 Å². The summed E-state index contributed by atoms with van der Waals surface area (Å²) in [7, 11) is 0. The molecule has 0 spiro atoms. The number of hydrogen-bond acceptors (Lipinski definition) is 3. The highest BCUT2D eigenvalue weighted by Crippen LogP contribution is 2.37. The summed E-state index contributed by atoms with van der Waals surface area (Å²) in [6, 6.07) is 0. The molecule has 1 aliphatic heterocycles. The van der Waals surface area contributed by atoms with Gasteiger partial charge in [-0.1, -0.05) is 6.08 Å². The predicted octanol–water partition coefficient (Wildman–Crippen LogP) is 2.45. The van der Waals surface area contributed by atoms with Gasteiger partial charge in [-0.2, -0.15) is 0 Å². The molecule has 1 fully saturated rings. The van der Waals surface area contributed by atoms with Crippen LogP contribution in [0.25, 0.3) is 0 Å². The summed E-state index contributed by atoms with van der Waals surface area (Å²) in [5.74, 6) is -0.268. The number of carbonyl (C=O) groups is 1. The third kappa shape index (κ3) is 2.81. The van der Waals surface area contributed by atoms with Crippen LogP contribution in [0.3, 0.4) is 0 Å². The summed E-state index contributed by atoms with van der Waals surface area (Å²) in [6.07, 6.45) is 3.58. The van der Waals surface area contributed by atoms with Gasteiger partial charge in [0.1, 0.15) is 5.60 Å². The van der Waals surface area contributed by atoms with Crippen molar-refractivity contribution in [1.29, 1.82) is 0 Å². The van der Waals surface area contributed by atoms with Crippen LogP contribution in [0.1, 0.15) is 40.5 Å². The van der Waals surface area contributed by atoms with Gasteiger partial charge < -0.3 is 9.47 Å². The van der Waals surface area contributed by atoms with Gasteiger partial charge in [0.2, 0.25) is 0 Å². The van der Waals surface area contributed by atoms with Crippen molar-refractivity contribution in [3.63, 3.8) is 0 Å². The second kappa shape index (κ2) is 3.97. The molecule has 1 heterocycles. The van der Waals surface area contributed by atoms with Gasteiger partial charge in [-0.25, -0.2) is 0 Å². The van der Waals surface area contributed by atoms with E-state index in [0.29, 0.717) is 0 Å². The Balaban J connectivity index is 2.67. The van der Waals surface area contributed by atoms with E-state index in [-0.39, 0.29) is 17.7 Å². The summed E-state index contributed by atoms with van der Waals surface area (Å²) in [5, 5.41) is 0. The minimum Gasteiger partial charge on any atom is -0.457 e. The van der Waals surface area contributed by atoms with Crippen LogP contribution in [0, 0.1) is 0 Å². The van der Waals surface area contributed by atoms with Gasteiger partial charge in [-0.15, -0.1) is 6.58 Å². The van der Waals surface area contributed by atoms with Crippen LogP contribution in [0.5, 0.6) is 0 Å². The van der Waals surface area contributed by atoms with Gasteiger partial charge in [0.05, 0.1) is 11.7 Å².